The highest BCUT2D eigenvalue weighted by Crippen LogP contribution is 2.22. The number of aromatic amines is 1. The van der Waals surface area contributed by atoms with Gasteiger partial charge in [-0.15, -0.1) is 0 Å². The van der Waals surface area contributed by atoms with Crippen LogP contribution in [-0.4, -0.2) is 26.3 Å². The molecule has 3 aromatic rings. The van der Waals surface area contributed by atoms with Crippen LogP contribution in [0.15, 0.2) is 39.9 Å². The number of anilines is 2. The van der Waals surface area contributed by atoms with Gasteiger partial charge in [0.1, 0.15) is 0 Å². The van der Waals surface area contributed by atoms with Crippen LogP contribution in [0, 0.1) is 5.92 Å². The second kappa shape index (κ2) is 9.81. The summed E-state index contributed by atoms with van der Waals surface area (Å²) in [7, 11) is 0. The predicted molar refractivity (Wildman–Crippen MR) is 129 cm³/mol. The average molecular weight is 452 g/mol. The number of pyridine rings is 1. The minimum atomic E-state index is -0.652. The van der Waals surface area contributed by atoms with E-state index in [4.69, 9.17) is 0 Å². The van der Waals surface area contributed by atoms with Gasteiger partial charge >= 0.3 is 5.69 Å². The molecule has 174 valence electrons. The van der Waals surface area contributed by atoms with Crippen molar-refractivity contribution in [3.63, 3.8) is 0 Å². The molecule has 0 aliphatic heterocycles. The first-order valence-corrected chi connectivity index (χ1v) is 11.0. The molecule has 2 amide bonds. The molecule has 0 bridgehead atoms. The fraction of sp³-hybridized carbons (Fsp3) is 0.375. The maximum atomic E-state index is 13.2. The van der Waals surface area contributed by atoms with E-state index in [-0.39, 0.29) is 34.3 Å². The number of H-pyrrole nitrogens is 1. The van der Waals surface area contributed by atoms with Gasteiger partial charge in [0.25, 0.3) is 11.5 Å². The molecule has 0 unspecified atom stereocenters. The van der Waals surface area contributed by atoms with Crippen molar-refractivity contribution in [3.05, 3.63) is 62.4 Å². The van der Waals surface area contributed by atoms with Crippen molar-refractivity contribution in [3.8, 4) is 0 Å². The van der Waals surface area contributed by atoms with Crippen LogP contribution >= 0.6 is 0 Å². The zero-order valence-corrected chi connectivity index (χ0v) is 19.5. The Kier molecular flexibility index (Phi) is 7.10. The first-order valence-electron chi connectivity index (χ1n) is 11.0. The normalized spacial score (nSPS) is 11.2. The van der Waals surface area contributed by atoms with Crippen molar-refractivity contribution in [2.75, 3.05) is 10.6 Å². The van der Waals surface area contributed by atoms with Crippen LogP contribution < -0.4 is 21.9 Å². The lowest BCUT2D eigenvalue weighted by Gasteiger charge is -2.16. The summed E-state index contributed by atoms with van der Waals surface area (Å²) < 4.78 is 1.41. The number of hydrogen-bond acceptors (Lipinski definition) is 5. The number of aromatic nitrogens is 3. The number of nitrogens with one attached hydrogen (secondary N) is 3. The topological polar surface area (TPSA) is 126 Å². The lowest BCUT2D eigenvalue weighted by atomic mass is 10.0. The fourth-order valence-electron chi connectivity index (χ4n) is 3.39. The Labute approximate surface area is 191 Å². The van der Waals surface area contributed by atoms with Gasteiger partial charge in [0.15, 0.2) is 5.65 Å². The minimum Gasteiger partial charge on any atom is -0.326 e. The molecule has 3 rings (SSSR count). The van der Waals surface area contributed by atoms with Gasteiger partial charge in [0, 0.05) is 30.0 Å². The largest absolute Gasteiger partial charge is 0.330 e. The summed E-state index contributed by atoms with van der Waals surface area (Å²) in [5.41, 5.74) is 0.860. The molecular formula is C24H29N5O4. The van der Waals surface area contributed by atoms with Gasteiger partial charge in [-0.25, -0.2) is 9.78 Å². The highest BCUT2D eigenvalue weighted by atomic mass is 16.2. The van der Waals surface area contributed by atoms with E-state index in [0.29, 0.717) is 30.0 Å². The quantitative estimate of drug-likeness (QED) is 0.507. The molecule has 9 nitrogen and oxygen atoms in total. The zero-order chi connectivity index (χ0) is 24.3. The summed E-state index contributed by atoms with van der Waals surface area (Å²) in [6.45, 7) is 9.88. The minimum absolute atomic E-state index is 0.0238. The van der Waals surface area contributed by atoms with Crippen molar-refractivity contribution >= 4 is 34.2 Å². The Morgan fingerprint density at radius 2 is 1.64 bits per heavy atom. The van der Waals surface area contributed by atoms with Gasteiger partial charge in [-0.05, 0) is 42.2 Å². The number of nitrogens with zero attached hydrogens (tertiary/aromatic N) is 2. The van der Waals surface area contributed by atoms with E-state index in [1.54, 1.807) is 37.3 Å². The first-order chi connectivity index (χ1) is 15.6. The van der Waals surface area contributed by atoms with Gasteiger partial charge in [0.05, 0.1) is 10.9 Å². The van der Waals surface area contributed by atoms with E-state index in [1.165, 1.54) is 4.57 Å². The Morgan fingerprint density at radius 1 is 1.03 bits per heavy atom. The molecule has 33 heavy (non-hydrogen) atoms. The standard InChI is InChI=1S/C24H29N5O4/c1-6-19(30)25-15-7-9-16(10-8-15)26-22(31)17-11-18(14(4)5)27-21-20(17)23(32)28-24(33)29(21)12-13(2)3/h7-11,13-14H,6,12H2,1-5H3,(H,25,30)(H,26,31)(H,28,32,33). The zero-order valence-electron chi connectivity index (χ0n) is 19.5. The van der Waals surface area contributed by atoms with E-state index >= 15 is 0 Å². The van der Waals surface area contributed by atoms with Gasteiger partial charge in [-0.1, -0.05) is 34.6 Å². The van der Waals surface area contributed by atoms with Crippen LogP contribution in [0.4, 0.5) is 11.4 Å². The summed E-state index contributed by atoms with van der Waals surface area (Å²) in [4.78, 5) is 56.9. The molecule has 3 N–H and O–H groups in total. The van der Waals surface area contributed by atoms with Crippen LogP contribution in [0.5, 0.6) is 0 Å². The third-order valence-electron chi connectivity index (χ3n) is 5.10. The first kappa shape index (κ1) is 23.9. The molecule has 2 aromatic heterocycles. The van der Waals surface area contributed by atoms with E-state index < -0.39 is 17.2 Å². The van der Waals surface area contributed by atoms with Crippen molar-refractivity contribution in [1.29, 1.82) is 0 Å². The number of carbonyl (C=O) groups is 2. The number of carbonyl (C=O) groups excluding carboxylic acids is 2. The average Bonchev–Trinajstić information content (AvgIpc) is 2.76. The molecule has 0 fully saturated rings. The van der Waals surface area contributed by atoms with Crippen LogP contribution in [0.1, 0.15) is 63.0 Å². The van der Waals surface area contributed by atoms with E-state index in [9.17, 15) is 19.2 Å². The lowest BCUT2D eigenvalue weighted by Crippen LogP contribution is -2.33. The third kappa shape index (κ3) is 5.36. The summed E-state index contributed by atoms with van der Waals surface area (Å²) >= 11 is 0. The highest BCUT2D eigenvalue weighted by Gasteiger charge is 2.21. The van der Waals surface area contributed by atoms with Crippen molar-refractivity contribution in [2.24, 2.45) is 5.92 Å². The Bertz CT molecular complexity index is 1300. The number of benzene rings is 1. The molecule has 0 aliphatic carbocycles. The molecule has 0 spiro atoms. The second-order valence-corrected chi connectivity index (χ2v) is 8.64. The Hall–Kier alpha value is -3.75. The lowest BCUT2D eigenvalue weighted by molar-refractivity contribution is -0.115. The van der Waals surface area contributed by atoms with Crippen LogP contribution in [0.3, 0.4) is 0 Å². The van der Waals surface area contributed by atoms with Crippen molar-refractivity contribution in [1.82, 2.24) is 14.5 Å². The summed E-state index contributed by atoms with van der Waals surface area (Å²) in [5, 5.41) is 5.61. The summed E-state index contributed by atoms with van der Waals surface area (Å²) in [6.07, 6.45) is 0.363. The highest BCUT2D eigenvalue weighted by molar-refractivity contribution is 6.12. The molecule has 0 saturated heterocycles. The predicted octanol–water partition coefficient (Wildman–Crippen LogP) is 3.47. The van der Waals surface area contributed by atoms with Gasteiger partial charge in [0.2, 0.25) is 5.91 Å². The number of hydrogen-bond donors (Lipinski definition) is 3. The number of rotatable bonds is 7. The maximum Gasteiger partial charge on any atom is 0.330 e. The third-order valence-corrected chi connectivity index (χ3v) is 5.10. The van der Waals surface area contributed by atoms with E-state index in [2.05, 4.69) is 20.6 Å². The molecular weight excluding hydrogens is 422 g/mol. The van der Waals surface area contributed by atoms with Crippen molar-refractivity contribution < 1.29 is 9.59 Å². The fourth-order valence-corrected chi connectivity index (χ4v) is 3.39. The molecule has 9 heteroatoms. The molecule has 1 aromatic carbocycles. The van der Waals surface area contributed by atoms with Gasteiger partial charge < -0.3 is 10.6 Å². The Balaban J connectivity index is 2.07. The van der Waals surface area contributed by atoms with Crippen LogP contribution in [0.25, 0.3) is 11.0 Å². The SMILES string of the molecule is CCC(=O)Nc1ccc(NC(=O)c2cc(C(C)C)nc3c2c(=O)[nH]c(=O)n3CC(C)C)cc1. The number of amides is 2. The number of fused-ring (bicyclic) bond motifs is 1. The summed E-state index contributed by atoms with van der Waals surface area (Å²) in [6, 6.07) is 8.28. The maximum absolute atomic E-state index is 13.2. The van der Waals surface area contributed by atoms with Crippen LogP contribution in [0.2, 0.25) is 0 Å². The second-order valence-electron chi connectivity index (χ2n) is 8.64. The molecule has 2 heterocycles. The van der Waals surface area contributed by atoms with Crippen molar-refractivity contribution in [2.45, 2.75) is 53.5 Å². The smallest absolute Gasteiger partial charge is 0.326 e. The molecule has 0 radical (unpaired) electrons. The van der Waals surface area contributed by atoms with Gasteiger partial charge in [-0.2, -0.15) is 0 Å². The molecule has 0 aliphatic rings. The van der Waals surface area contributed by atoms with E-state index in [0.717, 1.165) is 0 Å². The monoisotopic (exact) mass is 451 g/mol. The van der Waals surface area contributed by atoms with E-state index in [1.807, 2.05) is 27.7 Å². The van der Waals surface area contributed by atoms with Gasteiger partial charge in [-0.3, -0.25) is 23.9 Å². The summed E-state index contributed by atoms with van der Waals surface area (Å²) in [5.74, 6) is -0.493. The Morgan fingerprint density at radius 3 is 2.18 bits per heavy atom. The van der Waals surface area contributed by atoms with Crippen LogP contribution in [-0.2, 0) is 11.3 Å². The molecule has 0 atom stereocenters. The molecule has 0 saturated carbocycles.